The van der Waals surface area contributed by atoms with E-state index in [4.69, 9.17) is 10.5 Å². The second kappa shape index (κ2) is 6.90. The number of nitrogens with two attached hydrogens (primary N) is 1. The first-order chi connectivity index (χ1) is 10.3. The van der Waals surface area contributed by atoms with Crippen molar-refractivity contribution in [3.63, 3.8) is 0 Å². The van der Waals surface area contributed by atoms with E-state index in [0.29, 0.717) is 19.1 Å². The number of hydrogen-bond acceptors (Lipinski definition) is 4. The summed E-state index contributed by atoms with van der Waals surface area (Å²) < 4.78 is 5.41. The number of ether oxygens (including phenoxy) is 1. The fraction of sp³-hybridized carbons (Fsp3) is 0.588. The minimum Gasteiger partial charge on any atom is -0.444 e. The summed E-state index contributed by atoms with van der Waals surface area (Å²) in [7, 11) is 0. The maximum atomic E-state index is 12.0. The fourth-order valence-electron chi connectivity index (χ4n) is 2.53. The highest BCUT2D eigenvalue weighted by Crippen LogP contribution is 2.17. The summed E-state index contributed by atoms with van der Waals surface area (Å²) in [5.41, 5.74) is 7.37. The van der Waals surface area contributed by atoms with E-state index in [-0.39, 0.29) is 6.09 Å². The lowest BCUT2D eigenvalue weighted by Crippen LogP contribution is -2.46. The number of likely N-dealkylation sites (tertiary alicyclic amines) is 1. The summed E-state index contributed by atoms with van der Waals surface area (Å²) in [6.45, 7) is 7.08. The van der Waals surface area contributed by atoms with Crippen molar-refractivity contribution in [2.75, 3.05) is 13.1 Å². The SMILES string of the molecule is CC(C)(C)OC(=O)N1CCC(NC2=CC=CCC=C2N)CC1. The van der Waals surface area contributed by atoms with Crippen molar-refractivity contribution < 1.29 is 9.53 Å². The molecule has 1 heterocycles. The Bertz CT molecular complexity index is 493. The molecule has 0 atom stereocenters. The zero-order chi connectivity index (χ0) is 16.2. The first-order valence-electron chi connectivity index (χ1n) is 7.92. The molecule has 0 unspecified atom stereocenters. The first kappa shape index (κ1) is 16.5. The average Bonchev–Trinajstić information content (AvgIpc) is 2.63. The summed E-state index contributed by atoms with van der Waals surface area (Å²) in [5, 5.41) is 3.49. The van der Waals surface area contributed by atoms with E-state index < -0.39 is 5.60 Å². The van der Waals surface area contributed by atoms with Gasteiger partial charge in [-0.3, -0.25) is 0 Å². The van der Waals surface area contributed by atoms with E-state index >= 15 is 0 Å². The van der Waals surface area contributed by atoms with Gasteiger partial charge in [0.05, 0.1) is 11.4 Å². The molecule has 0 radical (unpaired) electrons. The van der Waals surface area contributed by atoms with Crippen LogP contribution in [0.4, 0.5) is 4.79 Å². The molecule has 0 bridgehead atoms. The molecule has 3 N–H and O–H groups in total. The van der Waals surface area contributed by atoms with E-state index in [1.807, 2.05) is 39.0 Å². The van der Waals surface area contributed by atoms with Crippen molar-refractivity contribution in [1.82, 2.24) is 10.2 Å². The molecule has 0 spiro atoms. The third kappa shape index (κ3) is 4.83. The van der Waals surface area contributed by atoms with Crippen LogP contribution >= 0.6 is 0 Å². The Morgan fingerprint density at radius 1 is 1.36 bits per heavy atom. The third-order valence-corrected chi connectivity index (χ3v) is 3.69. The molecule has 0 aromatic heterocycles. The molecule has 1 aliphatic carbocycles. The normalized spacial score (nSPS) is 20.0. The summed E-state index contributed by atoms with van der Waals surface area (Å²) >= 11 is 0. The predicted octanol–water partition coefficient (Wildman–Crippen LogP) is 2.66. The van der Waals surface area contributed by atoms with Crippen LogP contribution in [0.15, 0.2) is 35.7 Å². The van der Waals surface area contributed by atoms with Crippen LogP contribution in [0.2, 0.25) is 0 Å². The van der Waals surface area contributed by atoms with Crippen LogP contribution in [0.5, 0.6) is 0 Å². The van der Waals surface area contributed by atoms with E-state index in [9.17, 15) is 4.79 Å². The number of carbonyl (C=O) groups excluding carboxylic acids is 1. The molecule has 5 nitrogen and oxygen atoms in total. The summed E-state index contributed by atoms with van der Waals surface area (Å²) in [5.74, 6) is 0. The molecule has 0 aromatic rings. The van der Waals surface area contributed by atoms with Crippen molar-refractivity contribution in [3.05, 3.63) is 35.7 Å². The van der Waals surface area contributed by atoms with Crippen LogP contribution < -0.4 is 11.1 Å². The Morgan fingerprint density at radius 3 is 2.68 bits per heavy atom. The van der Waals surface area contributed by atoms with E-state index in [1.54, 1.807) is 4.90 Å². The molecule has 2 aliphatic rings. The quantitative estimate of drug-likeness (QED) is 0.823. The van der Waals surface area contributed by atoms with Crippen molar-refractivity contribution in [3.8, 4) is 0 Å². The molecule has 122 valence electrons. The number of carbonyl (C=O) groups is 1. The largest absolute Gasteiger partial charge is 0.444 e. The Balaban J connectivity index is 1.84. The van der Waals surface area contributed by atoms with Gasteiger partial charge in [0, 0.05) is 19.1 Å². The number of allylic oxidation sites excluding steroid dienone is 4. The summed E-state index contributed by atoms with van der Waals surface area (Å²) in [4.78, 5) is 13.8. The molecule has 1 saturated heterocycles. The minimum absolute atomic E-state index is 0.220. The van der Waals surface area contributed by atoms with Crippen molar-refractivity contribution in [2.45, 2.75) is 51.7 Å². The third-order valence-electron chi connectivity index (χ3n) is 3.69. The van der Waals surface area contributed by atoms with Crippen LogP contribution in [0.1, 0.15) is 40.0 Å². The monoisotopic (exact) mass is 305 g/mol. The van der Waals surface area contributed by atoms with E-state index in [1.165, 1.54) is 0 Å². The van der Waals surface area contributed by atoms with Gasteiger partial charge in [-0.05, 0) is 46.1 Å². The summed E-state index contributed by atoms with van der Waals surface area (Å²) in [6.07, 6.45) is 10.6. The lowest BCUT2D eigenvalue weighted by molar-refractivity contribution is 0.0201. The van der Waals surface area contributed by atoms with Crippen molar-refractivity contribution >= 4 is 6.09 Å². The lowest BCUT2D eigenvalue weighted by Gasteiger charge is -2.34. The molecule has 2 rings (SSSR count). The zero-order valence-electron chi connectivity index (χ0n) is 13.8. The maximum Gasteiger partial charge on any atom is 0.410 e. The van der Waals surface area contributed by atoms with Gasteiger partial charge in [0.1, 0.15) is 5.60 Å². The predicted molar refractivity (Wildman–Crippen MR) is 88.1 cm³/mol. The average molecular weight is 305 g/mol. The molecule has 1 aliphatic heterocycles. The summed E-state index contributed by atoms with van der Waals surface area (Å²) in [6, 6.07) is 0.336. The van der Waals surface area contributed by atoms with Gasteiger partial charge in [-0.15, -0.1) is 0 Å². The number of hydrogen-bond donors (Lipinski definition) is 2. The van der Waals surface area contributed by atoms with Gasteiger partial charge < -0.3 is 20.7 Å². The number of nitrogens with one attached hydrogen (secondary N) is 1. The molecular formula is C17H27N3O2. The Hall–Kier alpha value is -1.91. The molecule has 5 heteroatoms. The van der Waals surface area contributed by atoms with Crippen LogP contribution in [-0.2, 0) is 4.74 Å². The molecule has 1 amide bonds. The number of amides is 1. The Kier molecular flexibility index (Phi) is 5.16. The van der Waals surface area contributed by atoms with Gasteiger partial charge in [-0.2, -0.15) is 0 Å². The Labute approximate surface area is 132 Å². The van der Waals surface area contributed by atoms with E-state index in [2.05, 4.69) is 11.4 Å². The fourth-order valence-corrected chi connectivity index (χ4v) is 2.53. The minimum atomic E-state index is -0.442. The van der Waals surface area contributed by atoms with Crippen molar-refractivity contribution in [1.29, 1.82) is 0 Å². The highest BCUT2D eigenvalue weighted by Gasteiger charge is 2.27. The van der Waals surface area contributed by atoms with Crippen LogP contribution in [0, 0.1) is 0 Å². The zero-order valence-corrected chi connectivity index (χ0v) is 13.8. The lowest BCUT2D eigenvalue weighted by atomic mass is 10.0. The maximum absolute atomic E-state index is 12.0. The number of rotatable bonds is 2. The first-order valence-corrected chi connectivity index (χ1v) is 7.92. The van der Waals surface area contributed by atoms with Gasteiger partial charge in [-0.25, -0.2) is 4.79 Å². The van der Waals surface area contributed by atoms with Crippen LogP contribution in [0.3, 0.4) is 0 Å². The second-order valence-electron chi connectivity index (χ2n) is 6.79. The molecule has 1 fully saturated rings. The Morgan fingerprint density at radius 2 is 2.05 bits per heavy atom. The molecule has 0 saturated carbocycles. The topological polar surface area (TPSA) is 67.6 Å². The molecule has 0 aromatic carbocycles. The van der Waals surface area contributed by atoms with Crippen molar-refractivity contribution in [2.24, 2.45) is 5.73 Å². The van der Waals surface area contributed by atoms with Crippen LogP contribution in [-0.4, -0.2) is 35.7 Å². The smallest absolute Gasteiger partial charge is 0.410 e. The molecule has 22 heavy (non-hydrogen) atoms. The molecular weight excluding hydrogens is 278 g/mol. The van der Waals surface area contributed by atoms with Gasteiger partial charge in [0.2, 0.25) is 0 Å². The highest BCUT2D eigenvalue weighted by molar-refractivity contribution is 5.68. The van der Waals surface area contributed by atoms with Gasteiger partial charge in [0.15, 0.2) is 0 Å². The van der Waals surface area contributed by atoms with Gasteiger partial charge in [0.25, 0.3) is 0 Å². The highest BCUT2D eigenvalue weighted by atomic mass is 16.6. The van der Waals surface area contributed by atoms with Gasteiger partial charge in [-0.1, -0.05) is 18.2 Å². The van der Waals surface area contributed by atoms with E-state index in [0.717, 1.165) is 30.7 Å². The number of nitrogens with zero attached hydrogens (tertiary/aromatic N) is 1. The second-order valence-corrected chi connectivity index (χ2v) is 6.79. The van der Waals surface area contributed by atoms with Crippen LogP contribution in [0.25, 0.3) is 0 Å². The van der Waals surface area contributed by atoms with Gasteiger partial charge >= 0.3 is 6.09 Å². The standard InChI is InChI=1S/C17H27N3O2/c1-17(2,3)22-16(21)20-11-9-13(10-12-20)19-15-8-6-4-5-7-14(15)18/h4,6-8,13,19H,5,9-12,18H2,1-3H3. The number of piperidine rings is 1.